The lowest BCUT2D eigenvalue weighted by molar-refractivity contribution is -0.384. The molecule has 0 atom stereocenters. The van der Waals surface area contributed by atoms with Crippen LogP contribution < -0.4 is 5.32 Å². The van der Waals surface area contributed by atoms with Crippen LogP contribution in [-0.4, -0.2) is 14.9 Å². The lowest BCUT2D eigenvalue weighted by atomic mass is 10.3. The maximum absolute atomic E-state index is 10.9. The molecule has 0 spiro atoms. The van der Waals surface area contributed by atoms with Crippen LogP contribution in [0.15, 0.2) is 18.3 Å². The maximum atomic E-state index is 10.9. The van der Waals surface area contributed by atoms with Crippen molar-refractivity contribution in [2.24, 2.45) is 0 Å². The summed E-state index contributed by atoms with van der Waals surface area (Å²) in [7, 11) is 0. The number of hydrogen-bond donors (Lipinski definition) is 1. The third-order valence-corrected chi connectivity index (χ3v) is 3.22. The summed E-state index contributed by atoms with van der Waals surface area (Å²) in [4.78, 5) is 19.7. The minimum Gasteiger partial charge on any atom is -0.359 e. The molecule has 94 valence electrons. The highest BCUT2D eigenvalue weighted by Crippen LogP contribution is 2.23. The summed E-state index contributed by atoms with van der Waals surface area (Å²) in [6.45, 7) is 4.20. The van der Waals surface area contributed by atoms with Crippen molar-refractivity contribution < 1.29 is 4.92 Å². The molecule has 0 bridgehead atoms. The summed E-state index contributed by atoms with van der Waals surface area (Å²) in [6, 6.07) is 3.09. The molecule has 0 aromatic carbocycles. The van der Waals surface area contributed by atoms with E-state index < -0.39 is 4.92 Å². The van der Waals surface area contributed by atoms with E-state index in [1.165, 1.54) is 6.07 Å². The fraction of sp³-hybridized carbons (Fsp3) is 0.273. The smallest absolute Gasteiger partial charge is 0.311 e. The molecule has 0 saturated carbocycles. The summed E-state index contributed by atoms with van der Waals surface area (Å²) >= 11 is 1.55. The van der Waals surface area contributed by atoms with Crippen molar-refractivity contribution >= 4 is 22.8 Å². The molecule has 0 unspecified atom stereocenters. The standard InChI is InChI=1S/C11H12N4O2S/c1-7-3-4-10(15(16)17)11(14-7)13-6-9-5-12-8(2)18-9/h3-5H,6H2,1-2H3,(H,13,14). The molecule has 0 aliphatic heterocycles. The van der Waals surface area contributed by atoms with Gasteiger partial charge in [0.25, 0.3) is 0 Å². The summed E-state index contributed by atoms with van der Waals surface area (Å²) in [5, 5.41) is 14.8. The summed E-state index contributed by atoms with van der Waals surface area (Å²) < 4.78 is 0. The highest BCUT2D eigenvalue weighted by atomic mass is 32.1. The molecule has 2 rings (SSSR count). The Morgan fingerprint density at radius 2 is 2.22 bits per heavy atom. The zero-order valence-electron chi connectivity index (χ0n) is 10.0. The van der Waals surface area contributed by atoms with E-state index in [2.05, 4.69) is 15.3 Å². The SMILES string of the molecule is Cc1ccc([N+](=O)[O-])c(NCc2cnc(C)s2)n1. The van der Waals surface area contributed by atoms with Crippen LogP contribution in [0.5, 0.6) is 0 Å². The van der Waals surface area contributed by atoms with Crippen LogP contribution >= 0.6 is 11.3 Å². The first-order valence-corrected chi connectivity index (χ1v) is 6.15. The Morgan fingerprint density at radius 1 is 1.44 bits per heavy atom. The molecule has 0 amide bonds. The normalized spacial score (nSPS) is 10.3. The van der Waals surface area contributed by atoms with Gasteiger partial charge in [-0.15, -0.1) is 11.3 Å². The van der Waals surface area contributed by atoms with E-state index in [0.29, 0.717) is 12.4 Å². The number of hydrogen-bond acceptors (Lipinski definition) is 6. The molecule has 2 aromatic heterocycles. The number of nitro groups is 1. The van der Waals surface area contributed by atoms with Crippen LogP contribution in [0.2, 0.25) is 0 Å². The van der Waals surface area contributed by atoms with Gasteiger partial charge >= 0.3 is 5.69 Å². The maximum Gasteiger partial charge on any atom is 0.311 e. The second kappa shape index (κ2) is 5.09. The molecule has 0 radical (unpaired) electrons. The van der Waals surface area contributed by atoms with Crippen LogP contribution in [0, 0.1) is 24.0 Å². The Bertz CT molecular complexity index is 582. The highest BCUT2D eigenvalue weighted by molar-refractivity contribution is 7.11. The molecule has 0 aliphatic rings. The van der Waals surface area contributed by atoms with Gasteiger partial charge in [0, 0.05) is 22.8 Å². The van der Waals surface area contributed by atoms with Crippen molar-refractivity contribution in [2.45, 2.75) is 20.4 Å². The predicted octanol–water partition coefficient (Wildman–Crippen LogP) is 2.68. The Labute approximate surface area is 108 Å². The van der Waals surface area contributed by atoms with Crippen LogP contribution in [0.1, 0.15) is 15.6 Å². The van der Waals surface area contributed by atoms with Crippen molar-refractivity contribution in [1.29, 1.82) is 0 Å². The Balaban J connectivity index is 2.17. The Morgan fingerprint density at radius 3 is 2.83 bits per heavy atom. The van der Waals surface area contributed by atoms with Gasteiger partial charge < -0.3 is 5.32 Å². The predicted molar refractivity (Wildman–Crippen MR) is 69.8 cm³/mol. The van der Waals surface area contributed by atoms with E-state index in [-0.39, 0.29) is 5.69 Å². The van der Waals surface area contributed by atoms with Crippen molar-refractivity contribution in [3.8, 4) is 0 Å². The van der Waals surface area contributed by atoms with Gasteiger partial charge in [-0.2, -0.15) is 0 Å². The highest BCUT2D eigenvalue weighted by Gasteiger charge is 2.15. The Hall–Kier alpha value is -2.02. The molecular formula is C11H12N4O2S. The lowest BCUT2D eigenvalue weighted by Gasteiger charge is -2.05. The fourth-order valence-electron chi connectivity index (χ4n) is 1.48. The molecule has 2 aromatic rings. The van der Waals surface area contributed by atoms with Gasteiger partial charge in [-0.3, -0.25) is 10.1 Å². The largest absolute Gasteiger partial charge is 0.359 e. The van der Waals surface area contributed by atoms with Crippen molar-refractivity contribution in [2.75, 3.05) is 5.32 Å². The first-order chi connectivity index (χ1) is 8.56. The number of thiazole rings is 1. The summed E-state index contributed by atoms with van der Waals surface area (Å²) in [6.07, 6.45) is 1.76. The van der Waals surface area contributed by atoms with Gasteiger partial charge in [0.1, 0.15) is 0 Å². The van der Waals surface area contributed by atoms with Gasteiger partial charge in [-0.25, -0.2) is 9.97 Å². The molecule has 0 aliphatic carbocycles. The topological polar surface area (TPSA) is 81.0 Å². The molecule has 6 nitrogen and oxygen atoms in total. The van der Waals surface area contributed by atoms with E-state index in [0.717, 1.165) is 15.6 Å². The molecule has 7 heteroatoms. The first-order valence-electron chi connectivity index (χ1n) is 5.33. The van der Waals surface area contributed by atoms with Gasteiger partial charge in [0.15, 0.2) is 0 Å². The van der Waals surface area contributed by atoms with Gasteiger partial charge in [-0.05, 0) is 19.9 Å². The van der Waals surface area contributed by atoms with Crippen LogP contribution in [0.25, 0.3) is 0 Å². The zero-order valence-corrected chi connectivity index (χ0v) is 10.8. The van der Waals surface area contributed by atoms with E-state index >= 15 is 0 Å². The van der Waals surface area contributed by atoms with Crippen molar-refractivity contribution in [1.82, 2.24) is 9.97 Å². The molecular weight excluding hydrogens is 252 g/mol. The van der Waals surface area contributed by atoms with E-state index in [9.17, 15) is 10.1 Å². The number of anilines is 1. The van der Waals surface area contributed by atoms with Crippen molar-refractivity contribution in [3.05, 3.63) is 44.0 Å². The quantitative estimate of drug-likeness (QED) is 0.678. The van der Waals surface area contributed by atoms with E-state index in [1.54, 1.807) is 30.5 Å². The fourth-order valence-corrected chi connectivity index (χ4v) is 2.22. The number of rotatable bonds is 4. The first kappa shape index (κ1) is 12.4. The molecule has 18 heavy (non-hydrogen) atoms. The number of pyridine rings is 1. The zero-order chi connectivity index (χ0) is 13.1. The van der Waals surface area contributed by atoms with Crippen LogP contribution in [0.4, 0.5) is 11.5 Å². The summed E-state index contributed by atoms with van der Waals surface area (Å²) in [5.74, 6) is 0.297. The second-order valence-corrected chi connectivity index (χ2v) is 5.10. The minimum atomic E-state index is -0.438. The number of aryl methyl sites for hydroxylation is 2. The van der Waals surface area contributed by atoms with Crippen LogP contribution in [0.3, 0.4) is 0 Å². The van der Waals surface area contributed by atoms with Crippen molar-refractivity contribution in [3.63, 3.8) is 0 Å². The molecule has 1 N–H and O–H groups in total. The van der Waals surface area contributed by atoms with E-state index in [1.807, 2.05) is 6.92 Å². The van der Waals surface area contributed by atoms with Crippen LogP contribution in [-0.2, 0) is 6.54 Å². The average molecular weight is 264 g/mol. The molecule has 0 saturated heterocycles. The summed E-state index contributed by atoms with van der Waals surface area (Å²) in [5.41, 5.74) is 0.727. The number of aromatic nitrogens is 2. The third-order valence-electron chi connectivity index (χ3n) is 2.31. The average Bonchev–Trinajstić information content (AvgIpc) is 2.72. The van der Waals surface area contributed by atoms with Gasteiger partial charge in [-0.1, -0.05) is 0 Å². The Kier molecular flexibility index (Phi) is 3.52. The number of nitrogens with zero attached hydrogens (tertiary/aromatic N) is 3. The van der Waals surface area contributed by atoms with Gasteiger partial charge in [0.05, 0.1) is 16.5 Å². The molecule has 2 heterocycles. The third kappa shape index (κ3) is 2.80. The molecule has 0 fully saturated rings. The van der Waals surface area contributed by atoms with E-state index in [4.69, 9.17) is 0 Å². The second-order valence-electron chi connectivity index (χ2n) is 3.78. The number of nitrogens with one attached hydrogen (secondary N) is 1. The lowest BCUT2D eigenvalue weighted by Crippen LogP contribution is -2.04. The monoisotopic (exact) mass is 264 g/mol. The minimum absolute atomic E-state index is 0.0122. The van der Waals surface area contributed by atoms with Gasteiger partial charge in [0.2, 0.25) is 5.82 Å².